The zero-order valence-corrected chi connectivity index (χ0v) is 18.3. The Morgan fingerprint density at radius 2 is 1.74 bits per heavy atom. The molecule has 166 valence electrons. The van der Waals surface area contributed by atoms with Crippen LogP contribution in [0.5, 0.6) is 0 Å². The minimum atomic E-state index is -0.685. The van der Waals surface area contributed by atoms with Crippen molar-refractivity contribution >= 4 is 23.4 Å². The number of carbonyl (C=O) groups is 3. The molecule has 0 saturated carbocycles. The zero-order valence-electron chi connectivity index (χ0n) is 18.3. The van der Waals surface area contributed by atoms with Crippen molar-refractivity contribution in [1.82, 2.24) is 15.1 Å². The molecule has 1 aromatic rings. The van der Waals surface area contributed by atoms with Crippen molar-refractivity contribution in [3.63, 3.8) is 0 Å². The van der Waals surface area contributed by atoms with Crippen molar-refractivity contribution in [2.45, 2.75) is 76.7 Å². The summed E-state index contributed by atoms with van der Waals surface area (Å²) in [6.45, 7) is 8.63. The lowest BCUT2D eigenvalue weighted by molar-refractivity contribution is -0.136. The van der Waals surface area contributed by atoms with Crippen LogP contribution >= 0.6 is 0 Å². The summed E-state index contributed by atoms with van der Waals surface area (Å²) in [7, 11) is 0. The Hall–Kier alpha value is -2.48. The molecule has 0 radical (unpaired) electrons. The van der Waals surface area contributed by atoms with Gasteiger partial charge < -0.3 is 9.80 Å². The van der Waals surface area contributed by atoms with Crippen LogP contribution in [0.3, 0.4) is 0 Å². The molecule has 2 unspecified atom stereocenters. The number of nitrogens with one attached hydrogen (secondary N) is 1. The first-order chi connectivity index (χ1) is 14.6. The third-order valence-electron chi connectivity index (χ3n) is 7.29. The van der Waals surface area contributed by atoms with Gasteiger partial charge in [-0.15, -0.1) is 0 Å². The second kappa shape index (κ2) is 7.02. The predicted octanol–water partition coefficient (Wildman–Crippen LogP) is 2.04. The molecule has 31 heavy (non-hydrogen) atoms. The van der Waals surface area contributed by atoms with E-state index in [9.17, 15) is 14.4 Å². The highest BCUT2D eigenvalue weighted by molar-refractivity contribution is 6.05. The van der Waals surface area contributed by atoms with Crippen molar-refractivity contribution in [2.75, 3.05) is 18.0 Å². The van der Waals surface area contributed by atoms with E-state index in [0.29, 0.717) is 23.7 Å². The molecule has 5 heterocycles. The molecule has 1 aromatic carbocycles. The quantitative estimate of drug-likeness (QED) is 0.730. The van der Waals surface area contributed by atoms with E-state index >= 15 is 4.39 Å². The van der Waals surface area contributed by atoms with Gasteiger partial charge in [-0.25, -0.2) is 4.39 Å². The van der Waals surface area contributed by atoms with Crippen LogP contribution in [-0.4, -0.2) is 64.3 Å². The van der Waals surface area contributed by atoms with Gasteiger partial charge >= 0.3 is 0 Å². The van der Waals surface area contributed by atoms with E-state index in [4.69, 9.17) is 0 Å². The number of fused-ring (bicyclic) bond motifs is 4. The average Bonchev–Trinajstić information content (AvgIpc) is 3.02. The summed E-state index contributed by atoms with van der Waals surface area (Å²) in [6.07, 6.45) is 2.66. The number of anilines is 1. The monoisotopic (exact) mass is 428 g/mol. The van der Waals surface area contributed by atoms with E-state index in [1.807, 2.05) is 0 Å². The first kappa shape index (κ1) is 20.4. The minimum absolute atomic E-state index is 0.0841. The molecular formula is C23H29FN4O3. The van der Waals surface area contributed by atoms with Crippen molar-refractivity contribution in [2.24, 2.45) is 0 Å². The smallest absolute Gasteiger partial charge is 0.255 e. The van der Waals surface area contributed by atoms with E-state index in [0.717, 1.165) is 31.5 Å². The molecule has 5 aliphatic heterocycles. The number of benzene rings is 1. The molecule has 4 fully saturated rings. The number of hydrogen-bond acceptors (Lipinski definition) is 5. The lowest BCUT2D eigenvalue weighted by Crippen LogP contribution is -2.67. The van der Waals surface area contributed by atoms with Crippen LogP contribution in [-0.2, 0) is 16.1 Å². The Morgan fingerprint density at radius 3 is 2.39 bits per heavy atom. The number of piperazine rings is 1. The van der Waals surface area contributed by atoms with E-state index in [-0.39, 0.29) is 42.2 Å². The van der Waals surface area contributed by atoms with Gasteiger partial charge in [0.25, 0.3) is 5.91 Å². The Labute approximate surface area is 181 Å². The maximum atomic E-state index is 15.2. The number of hydrogen-bond donors (Lipinski definition) is 1. The maximum Gasteiger partial charge on any atom is 0.255 e. The largest absolute Gasteiger partial charge is 0.363 e. The molecule has 1 N–H and O–H groups in total. The van der Waals surface area contributed by atoms with Gasteiger partial charge in [-0.1, -0.05) is 0 Å². The summed E-state index contributed by atoms with van der Waals surface area (Å²) in [5.74, 6) is -1.49. The number of imide groups is 1. The Balaban J connectivity index is 1.40. The van der Waals surface area contributed by atoms with Crippen LogP contribution in [0.15, 0.2) is 12.1 Å². The maximum absolute atomic E-state index is 15.2. The molecule has 6 rings (SSSR count). The lowest BCUT2D eigenvalue weighted by Gasteiger charge is -2.56. The molecule has 8 heteroatoms. The van der Waals surface area contributed by atoms with Gasteiger partial charge in [-0.3, -0.25) is 24.6 Å². The number of rotatable bonds is 2. The summed E-state index contributed by atoms with van der Waals surface area (Å²) in [6, 6.07) is 3.09. The van der Waals surface area contributed by atoms with Crippen molar-refractivity contribution in [3.05, 3.63) is 29.1 Å². The van der Waals surface area contributed by atoms with Gasteiger partial charge in [0, 0.05) is 49.2 Å². The Kier molecular flexibility index (Phi) is 4.62. The van der Waals surface area contributed by atoms with Gasteiger partial charge in [0.05, 0.1) is 5.69 Å². The first-order valence-corrected chi connectivity index (χ1v) is 11.1. The van der Waals surface area contributed by atoms with E-state index < -0.39 is 11.9 Å². The van der Waals surface area contributed by atoms with Crippen LogP contribution in [0, 0.1) is 5.82 Å². The normalized spacial score (nSPS) is 28.9. The van der Waals surface area contributed by atoms with Crippen molar-refractivity contribution in [1.29, 1.82) is 0 Å². The van der Waals surface area contributed by atoms with Gasteiger partial charge in [-0.05, 0) is 57.7 Å². The average molecular weight is 429 g/mol. The highest BCUT2D eigenvalue weighted by atomic mass is 19.1. The van der Waals surface area contributed by atoms with Crippen LogP contribution in [0.2, 0.25) is 0 Å². The first-order valence-electron chi connectivity index (χ1n) is 11.1. The van der Waals surface area contributed by atoms with Gasteiger partial charge in [0.15, 0.2) is 0 Å². The van der Waals surface area contributed by atoms with Crippen molar-refractivity contribution < 1.29 is 18.8 Å². The van der Waals surface area contributed by atoms with Gasteiger partial charge in [0.2, 0.25) is 11.8 Å². The topological polar surface area (TPSA) is 73.0 Å². The number of nitrogens with zero attached hydrogens (tertiary/aromatic N) is 3. The van der Waals surface area contributed by atoms with Crippen LogP contribution in [0.1, 0.15) is 62.4 Å². The number of amides is 3. The molecule has 4 saturated heterocycles. The van der Waals surface area contributed by atoms with Gasteiger partial charge in [-0.2, -0.15) is 0 Å². The predicted molar refractivity (Wildman–Crippen MR) is 113 cm³/mol. The fourth-order valence-electron chi connectivity index (χ4n) is 5.74. The van der Waals surface area contributed by atoms with E-state index in [1.54, 1.807) is 6.07 Å². The number of halogens is 1. The molecule has 5 aliphatic rings. The third kappa shape index (κ3) is 3.32. The summed E-state index contributed by atoms with van der Waals surface area (Å²) >= 11 is 0. The van der Waals surface area contributed by atoms with Crippen molar-refractivity contribution in [3.8, 4) is 0 Å². The van der Waals surface area contributed by atoms with E-state index in [2.05, 4.69) is 35.9 Å². The number of carbonyl (C=O) groups excluding carboxylic acids is 3. The van der Waals surface area contributed by atoms with Crippen LogP contribution in [0.25, 0.3) is 0 Å². The third-order valence-corrected chi connectivity index (χ3v) is 7.29. The SMILES string of the molecule is CC(C)(C)N1CC2CCC1CN2c1cc2c(cc1F)C(=O)N([C@H]1CCC(=O)NC1=O)C2. The second-order valence-corrected chi connectivity index (χ2v) is 10.2. The van der Waals surface area contributed by atoms with Crippen LogP contribution in [0.4, 0.5) is 10.1 Å². The molecule has 0 aliphatic carbocycles. The number of piperidine rings is 3. The minimum Gasteiger partial charge on any atom is -0.363 e. The highest BCUT2D eigenvalue weighted by Gasteiger charge is 2.45. The van der Waals surface area contributed by atoms with E-state index in [1.165, 1.54) is 11.0 Å². The van der Waals surface area contributed by atoms with Gasteiger partial charge in [0.1, 0.15) is 11.9 Å². The summed E-state index contributed by atoms with van der Waals surface area (Å²) < 4.78 is 15.2. The zero-order chi connectivity index (χ0) is 22.1. The fourth-order valence-corrected chi connectivity index (χ4v) is 5.74. The van der Waals surface area contributed by atoms with Crippen LogP contribution < -0.4 is 10.2 Å². The molecule has 0 spiro atoms. The standard InChI is InChI=1S/C23H29FN4O3/c1-23(2,3)28-12-14-4-5-15(28)11-26(14)19-8-13-10-27(22(31)16(13)9-17(19)24)18-6-7-20(29)25-21(18)30/h8-9,14-15,18H,4-7,10-12H2,1-3H3,(H,25,29,30)/t14?,15?,18-/m0/s1. The second-order valence-electron chi connectivity index (χ2n) is 10.2. The molecule has 0 aromatic heterocycles. The molecule has 2 bridgehead atoms. The summed E-state index contributed by atoms with van der Waals surface area (Å²) in [4.78, 5) is 42.8. The summed E-state index contributed by atoms with van der Waals surface area (Å²) in [5, 5.41) is 2.30. The highest BCUT2D eigenvalue weighted by Crippen LogP contribution is 2.39. The fraction of sp³-hybridized carbons (Fsp3) is 0.609. The Morgan fingerprint density at radius 1 is 1.00 bits per heavy atom. The lowest BCUT2D eigenvalue weighted by atomic mass is 9.86. The molecule has 3 atom stereocenters. The molecule has 3 amide bonds. The molecular weight excluding hydrogens is 399 g/mol. The Bertz CT molecular complexity index is 972. The summed E-state index contributed by atoms with van der Waals surface area (Å²) in [5.41, 5.74) is 1.71. The molecule has 7 nitrogen and oxygen atoms in total.